The van der Waals surface area contributed by atoms with E-state index in [1.54, 1.807) is 0 Å². The SMILES string of the molecule is c1ccc(-c2cc(-c3ccc(-c4cc5ccccc5c5c(-c6ccccc6)cc(-c6ccccc6)nc45)cc3)cc(-c3ccccc3)n2)cc1. The van der Waals surface area contributed by atoms with Gasteiger partial charge >= 0.3 is 0 Å². The Morgan fingerprint density at radius 1 is 0.280 bits per heavy atom. The zero-order chi connectivity index (χ0) is 33.3. The molecule has 234 valence electrons. The van der Waals surface area contributed by atoms with E-state index in [0.29, 0.717) is 0 Å². The predicted molar refractivity (Wildman–Crippen MR) is 210 cm³/mol. The largest absolute Gasteiger partial charge is 0.248 e. The van der Waals surface area contributed by atoms with Crippen LogP contribution >= 0.6 is 0 Å². The number of hydrogen-bond donors (Lipinski definition) is 0. The molecule has 7 aromatic carbocycles. The zero-order valence-corrected chi connectivity index (χ0v) is 27.4. The van der Waals surface area contributed by atoms with Gasteiger partial charge in [0.1, 0.15) is 0 Å². The molecule has 0 aliphatic carbocycles. The van der Waals surface area contributed by atoms with Crippen molar-refractivity contribution in [1.82, 2.24) is 9.97 Å². The Balaban J connectivity index is 1.24. The Hall–Kier alpha value is -6.64. The molecule has 9 aromatic rings. The lowest BCUT2D eigenvalue weighted by atomic mass is 9.90. The van der Waals surface area contributed by atoms with Crippen LogP contribution in [0.15, 0.2) is 194 Å². The van der Waals surface area contributed by atoms with Crippen molar-refractivity contribution in [1.29, 1.82) is 0 Å². The van der Waals surface area contributed by atoms with Gasteiger partial charge < -0.3 is 0 Å². The molecule has 0 bridgehead atoms. The Labute approximate surface area is 292 Å². The average molecular weight is 637 g/mol. The number of aromatic nitrogens is 2. The zero-order valence-electron chi connectivity index (χ0n) is 27.4. The summed E-state index contributed by atoms with van der Waals surface area (Å²) in [5.41, 5.74) is 14.0. The predicted octanol–water partition coefficient (Wildman–Crippen LogP) is 12.8. The van der Waals surface area contributed by atoms with E-state index in [1.807, 2.05) is 12.1 Å². The van der Waals surface area contributed by atoms with Crippen molar-refractivity contribution in [2.24, 2.45) is 0 Å². The van der Waals surface area contributed by atoms with E-state index in [2.05, 4.69) is 182 Å². The van der Waals surface area contributed by atoms with Gasteiger partial charge in [0.15, 0.2) is 0 Å². The molecule has 0 N–H and O–H groups in total. The highest BCUT2D eigenvalue weighted by Gasteiger charge is 2.17. The molecule has 0 radical (unpaired) electrons. The molecule has 0 saturated carbocycles. The van der Waals surface area contributed by atoms with E-state index in [-0.39, 0.29) is 0 Å². The number of rotatable bonds is 6. The molecule has 0 fully saturated rings. The first-order valence-corrected chi connectivity index (χ1v) is 17.0. The van der Waals surface area contributed by atoms with Crippen molar-refractivity contribution in [3.8, 4) is 67.2 Å². The van der Waals surface area contributed by atoms with E-state index in [0.717, 1.165) is 61.5 Å². The third-order valence-corrected chi connectivity index (χ3v) is 9.45. The van der Waals surface area contributed by atoms with E-state index in [4.69, 9.17) is 9.97 Å². The van der Waals surface area contributed by atoms with Crippen molar-refractivity contribution < 1.29 is 0 Å². The summed E-state index contributed by atoms with van der Waals surface area (Å²) in [6, 6.07) is 68.6. The summed E-state index contributed by atoms with van der Waals surface area (Å²) in [5, 5.41) is 3.56. The van der Waals surface area contributed by atoms with Crippen LogP contribution in [0, 0.1) is 0 Å². The van der Waals surface area contributed by atoms with Crippen LogP contribution in [0.3, 0.4) is 0 Å². The standard InChI is InChI=1S/C48H32N2/c1-5-15-34(16-6-1)42-32-46(38-21-11-4-12-22-38)50-48-43(29-39-23-13-14-24-41(39)47(42)48)35-27-25-33(26-28-35)40-30-44(36-17-7-2-8-18-36)49-45(31-40)37-19-9-3-10-20-37/h1-32H. The van der Waals surface area contributed by atoms with Crippen molar-refractivity contribution in [3.05, 3.63) is 194 Å². The van der Waals surface area contributed by atoms with Gasteiger partial charge in [0.2, 0.25) is 0 Å². The third-order valence-electron chi connectivity index (χ3n) is 9.45. The van der Waals surface area contributed by atoms with Crippen LogP contribution in [0.2, 0.25) is 0 Å². The molecule has 2 nitrogen and oxygen atoms in total. The monoisotopic (exact) mass is 636 g/mol. The van der Waals surface area contributed by atoms with Gasteiger partial charge in [-0.25, -0.2) is 9.97 Å². The summed E-state index contributed by atoms with van der Waals surface area (Å²) in [6.45, 7) is 0. The number of pyridine rings is 2. The van der Waals surface area contributed by atoms with Gasteiger partial charge in [0.05, 0.1) is 22.6 Å². The van der Waals surface area contributed by atoms with Gasteiger partial charge in [0.25, 0.3) is 0 Å². The molecular weight excluding hydrogens is 605 g/mol. The van der Waals surface area contributed by atoms with Crippen LogP contribution in [0.25, 0.3) is 88.8 Å². The minimum Gasteiger partial charge on any atom is -0.248 e. The molecule has 0 aliphatic rings. The first kappa shape index (κ1) is 29.5. The van der Waals surface area contributed by atoms with Crippen molar-refractivity contribution in [3.63, 3.8) is 0 Å². The second-order valence-corrected chi connectivity index (χ2v) is 12.6. The first-order valence-electron chi connectivity index (χ1n) is 17.0. The summed E-state index contributed by atoms with van der Waals surface area (Å²) in [4.78, 5) is 10.5. The summed E-state index contributed by atoms with van der Waals surface area (Å²) in [5.74, 6) is 0. The van der Waals surface area contributed by atoms with E-state index in [1.165, 1.54) is 27.3 Å². The molecule has 50 heavy (non-hydrogen) atoms. The second-order valence-electron chi connectivity index (χ2n) is 12.6. The number of fused-ring (bicyclic) bond motifs is 3. The van der Waals surface area contributed by atoms with Crippen LogP contribution in [-0.2, 0) is 0 Å². The molecule has 0 saturated heterocycles. The van der Waals surface area contributed by atoms with E-state index < -0.39 is 0 Å². The fourth-order valence-electron chi connectivity index (χ4n) is 6.96. The van der Waals surface area contributed by atoms with Gasteiger partial charge in [-0.3, -0.25) is 0 Å². The van der Waals surface area contributed by atoms with E-state index >= 15 is 0 Å². The van der Waals surface area contributed by atoms with Crippen molar-refractivity contribution in [2.45, 2.75) is 0 Å². The maximum absolute atomic E-state index is 5.42. The molecule has 2 heteroatoms. The van der Waals surface area contributed by atoms with Crippen LogP contribution < -0.4 is 0 Å². The highest BCUT2D eigenvalue weighted by atomic mass is 14.7. The van der Waals surface area contributed by atoms with E-state index in [9.17, 15) is 0 Å². The molecule has 0 spiro atoms. The number of benzene rings is 7. The summed E-state index contributed by atoms with van der Waals surface area (Å²) >= 11 is 0. The molecule has 2 aromatic heterocycles. The van der Waals surface area contributed by atoms with Gasteiger partial charge in [-0.15, -0.1) is 0 Å². The topological polar surface area (TPSA) is 25.8 Å². The minimum absolute atomic E-state index is 0.956. The highest BCUT2D eigenvalue weighted by molar-refractivity contribution is 6.18. The van der Waals surface area contributed by atoms with Crippen LogP contribution in [-0.4, -0.2) is 9.97 Å². The lowest BCUT2D eigenvalue weighted by Crippen LogP contribution is -1.94. The van der Waals surface area contributed by atoms with Crippen LogP contribution in [0.1, 0.15) is 0 Å². The van der Waals surface area contributed by atoms with Crippen LogP contribution in [0.4, 0.5) is 0 Å². The normalized spacial score (nSPS) is 11.2. The molecule has 0 unspecified atom stereocenters. The van der Waals surface area contributed by atoms with Gasteiger partial charge in [-0.2, -0.15) is 0 Å². The summed E-state index contributed by atoms with van der Waals surface area (Å²) in [6.07, 6.45) is 0. The molecular formula is C48H32N2. The quantitative estimate of drug-likeness (QED) is 0.170. The lowest BCUT2D eigenvalue weighted by molar-refractivity contribution is 1.32. The smallest absolute Gasteiger partial charge is 0.0800 e. The molecule has 0 aliphatic heterocycles. The Bertz CT molecular complexity index is 2540. The minimum atomic E-state index is 0.956. The fraction of sp³-hybridized carbons (Fsp3) is 0. The van der Waals surface area contributed by atoms with Crippen LogP contribution in [0.5, 0.6) is 0 Å². The molecule has 9 rings (SSSR count). The Morgan fingerprint density at radius 2 is 0.720 bits per heavy atom. The molecule has 2 heterocycles. The maximum atomic E-state index is 5.42. The van der Waals surface area contributed by atoms with Crippen molar-refractivity contribution in [2.75, 3.05) is 0 Å². The summed E-state index contributed by atoms with van der Waals surface area (Å²) in [7, 11) is 0. The first-order chi connectivity index (χ1) is 24.8. The fourth-order valence-corrected chi connectivity index (χ4v) is 6.96. The third kappa shape index (κ3) is 5.53. The second kappa shape index (κ2) is 12.8. The summed E-state index contributed by atoms with van der Waals surface area (Å²) < 4.78 is 0. The Kier molecular flexibility index (Phi) is 7.53. The molecule has 0 amide bonds. The van der Waals surface area contributed by atoms with Gasteiger partial charge in [-0.05, 0) is 62.9 Å². The average Bonchev–Trinajstić information content (AvgIpc) is 3.21. The number of nitrogens with zero attached hydrogens (tertiary/aromatic N) is 2. The maximum Gasteiger partial charge on any atom is 0.0800 e. The lowest BCUT2D eigenvalue weighted by Gasteiger charge is -2.17. The number of hydrogen-bond acceptors (Lipinski definition) is 2. The van der Waals surface area contributed by atoms with Gasteiger partial charge in [0, 0.05) is 27.6 Å². The Morgan fingerprint density at radius 3 is 1.28 bits per heavy atom. The molecule has 0 atom stereocenters. The van der Waals surface area contributed by atoms with Crippen molar-refractivity contribution >= 4 is 21.7 Å². The highest BCUT2D eigenvalue weighted by Crippen LogP contribution is 2.42. The van der Waals surface area contributed by atoms with Gasteiger partial charge in [-0.1, -0.05) is 170 Å².